The average molecular weight is 361 g/mol. The van der Waals surface area contributed by atoms with Crippen molar-refractivity contribution in [1.82, 2.24) is 4.57 Å². The molecule has 1 amide bonds. The van der Waals surface area contributed by atoms with Crippen LogP contribution in [-0.4, -0.2) is 24.2 Å². The monoisotopic (exact) mass is 360 g/mol. The van der Waals surface area contributed by atoms with Crippen LogP contribution in [0.2, 0.25) is 5.02 Å². The third-order valence-electron chi connectivity index (χ3n) is 3.63. The van der Waals surface area contributed by atoms with Crippen LogP contribution >= 0.6 is 22.9 Å². The Morgan fingerprint density at radius 3 is 2.83 bits per heavy atom. The zero-order valence-corrected chi connectivity index (χ0v) is 15.0. The summed E-state index contributed by atoms with van der Waals surface area (Å²) in [7, 11) is 1.64. The minimum absolute atomic E-state index is 0.257. The van der Waals surface area contributed by atoms with Gasteiger partial charge in [0, 0.05) is 19.2 Å². The van der Waals surface area contributed by atoms with Crippen LogP contribution in [0.5, 0.6) is 0 Å². The number of para-hydroxylation sites is 1. The number of hydrogen-bond acceptors (Lipinski definition) is 3. The number of aromatic nitrogens is 1. The van der Waals surface area contributed by atoms with Crippen molar-refractivity contribution in [2.45, 2.75) is 13.5 Å². The molecule has 0 radical (unpaired) electrons. The maximum atomic E-state index is 12.5. The Morgan fingerprint density at radius 2 is 2.08 bits per heavy atom. The third kappa shape index (κ3) is 3.43. The number of aryl methyl sites for hydroxylation is 1. The van der Waals surface area contributed by atoms with Crippen molar-refractivity contribution in [2.75, 3.05) is 13.7 Å². The lowest BCUT2D eigenvalue weighted by molar-refractivity contribution is 0.0997. The Bertz CT molecular complexity index is 959. The van der Waals surface area contributed by atoms with E-state index in [1.54, 1.807) is 13.2 Å². The Hall–Kier alpha value is -1.95. The molecule has 0 fully saturated rings. The van der Waals surface area contributed by atoms with E-state index in [4.69, 9.17) is 16.3 Å². The van der Waals surface area contributed by atoms with E-state index in [2.05, 4.69) is 4.99 Å². The first kappa shape index (κ1) is 16.9. The van der Waals surface area contributed by atoms with Gasteiger partial charge < -0.3 is 9.30 Å². The summed E-state index contributed by atoms with van der Waals surface area (Å²) in [4.78, 5) is 17.5. The van der Waals surface area contributed by atoms with E-state index >= 15 is 0 Å². The summed E-state index contributed by atoms with van der Waals surface area (Å²) in [6.45, 7) is 3.05. The molecular formula is C18H17ClN2O2S. The second kappa shape index (κ2) is 7.30. The fraction of sp³-hybridized carbons (Fsp3) is 0.222. The SMILES string of the molecule is COCCn1c(=NC(=O)c2cccc(C)c2)sc2cccc(Cl)c21. The van der Waals surface area contributed by atoms with Crippen LogP contribution in [0.15, 0.2) is 47.5 Å². The van der Waals surface area contributed by atoms with Crippen LogP contribution in [-0.2, 0) is 11.3 Å². The van der Waals surface area contributed by atoms with Crippen LogP contribution in [0.25, 0.3) is 10.2 Å². The van der Waals surface area contributed by atoms with Crippen molar-refractivity contribution < 1.29 is 9.53 Å². The smallest absolute Gasteiger partial charge is 0.279 e. The molecular weight excluding hydrogens is 344 g/mol. The first-order valence-electron chi connectivity index (χ1n) is 7.52. The summed E-state index contributed by atoms with van der Waals surface area (Å²) in [6.07, 6.45) is 0. The summed E-state index contributed by atoms with van der Waals surface area (Å²) in [6, 6.07) is 13.1. The lowest BCUT2D eigenvalue weighted by Gasteiger charge is -2.05. The second-order valence-corrected chi connectivity index (χ2v) is 6.82. The van der Waals surface area contributed by atoms with E-state index in [0.717, 1.165) is 15.8 Å². The highest BCUT2D eigenvalue weighted by Gasteiger charge is 2.11. The number of benzene rings is 2. The maximum absolute atomic E-state index is 12.5. The lowest BCUT2D eigenvalue weighted by Crippen LogP contribution is -2.19. The van der Waals surface area contributed by atoms with Crippen molar-refractivity contribution in [3.05, 3.63) is 63.4 Å². The minimum Gasteiger partial charge on any atom is -0.383 e. The van der Waals surface area contributed by atoms with Crippen molar-refractivity contribution in [3.8, 4) is 0 Å². The molecule has 1 heterocycles. The highest BCUT2D eigenvalue weighted by atomic mass is 35.5. The molecule has 6 heteroatoms. The van der Waals surface area contributed by atoms with Crippen molar-refractivity contribution in [2.24, 2.45) is 4.99 Å². The van der Waals surface area contributed by atoms with E-state index in [1.165, 1.54) is 11.3 Å². The summed E-state index contributed by atoms with van der Waals surface area (Å²) in [5, 5.41) is 0.643. The van der Waals surface area contributed by atoms with Gasteiger partial charge in [-0.1, -0.05) is 46.7 Å². The van der Waals surface area contributed by atoms with Gasteiger partial charge in [0.2, 0.25) is 0 Å². The quantitative estimate of drug-likeness (QED) is 0.704. The Morgan fingerprint density at radius 1 is 1.29 bits per heavy atom. The third-order valence-corrected chi connectivity index (χ3v) is 4.98. The average Bonchev–Trinajstić information content (AvgIpc) is 2.91. The first-order chi connectivity index (χ1) is 11.6. The van der Waals surface area contributed by atoms with Crippen LogP contribution in [0, 0.1) is 6.92 Å². The van der Waals surface area contributed by atoms with Gasteiger partial charge in [0.05, 0.1) is 21.8 Å². The van der Waals surface area contributed by atoms with Gasteiger partial charge in [0.25, 0.3) is 5.91 Å². The number of ether oxygens (including phenoxy) is 1. The van der Waals surface area contributed by atoms with E-state index in [0.29, 0.717) is 28.5 Å². The number of methoxy groups -OCH3 is 1. The van der Waals surface area contributed by atoms with Gasteiger partial charge in [0.15, 0.2) is 4.80 Å². The number of carbonyl (C=O) groups is 1. The molecule has 0 spiro atoms. The fourth-order valence-corrected chi connectivity index (χ4v) is 3.91. The molecule has 0 bridgehead atoms. The molecule has 0 saturated heterocycles. The van der Waals surface area contributed by atoms with Crippen LogP contribution < -0.4 is 4.80 Å². The van der Waals surface area contributed by atoms with Crippen LogP contribution in [0.3, 0.4) is 0 Å². The number of rotatable bonds is 4. The maximum Gasteiger partial charge on any atom is 0.279 e. The highest BCUT2D eigenvalue weighted by molar-refractivity contribution is 7.16. The van der Waals surface area contributed by atoms with Gasteiger partial charge in [-0.05, 0) is 31.2 Å². The molecule has 0 atom stereocenters. The van der Waals surface area contributed by atoms with Gasteiger partial charge in [-0.25, -0.2) is 0 Å². The van der Waals surface area contributed by atoms with E-state index < -0.39 is 0 Å². The van der Waals surface area contributed by atoms with E-state index in [-0.39, 0.29) is 5.91 Å². The van der Waals surface area contributed by atoms with Crippen LogP contribution in [0.4, 0.5) is 0 Å². The fourth-order valence-electron chi connectivity index (χ4n) is 2.49. The number of carbonyl (C=O) groups excluding carboxylic acids is 1. The van der Waals surface area contributed by atoms with Gasteiger partial charge in [-0.15, -0.1) is 0 Å². The van der Waals surface area contributed by atoms with E-state index in [9.17, 15) is 4.79 Å². The Balaban J connectivity index is 2.14. The molecule has 1 aromatic heterocycles. The molecule has 0 saturated carbocycles. The van der Waals surface area contributed by atoms with Gasteiger partial charge >= 0.3 is 0 Å². The van der Waals surface area contributed by atoms with Crippen LogP contribution in [0.1, 0.15) is 15.9 Å². The molecule has 0 unspecified atom stereocenters. The zero-order chi connectivity index (χ0) is 17.1. The number of nitrogens with zero attached hydrogens (tertiary/aromatic N) is 2. The summed E-state index contributed by atoms with van der Waals surface area (Å²) >= 11 is 7.80. The second-order valence-electron chi connectivity index (χ2n) is 5.40. The topological polar surface area (TPSA) is 43.6 Å². The summed E-state index contributed by atoms with van der Waals surface area (Å²) in [5.41, 5.74) is 2.50. The molecule has 0 aliphatic rings. The molecule has 0 aliphatic carbocycles. The zero-order valence-electron chi connectivity index (χ0n) is 13.5. The number of halogens is 1. The summed E-state index contributed by atoms with van der Waals surface area (Å²) in [5.74, 6) is -0.257. The van der Waals surface area contributed by atoms with Gasteiger partial charge in [0.1, 0.15) is 0 Å². The minimum atomic E-state index is -0.257. The molecule has 3 rings (SSSR count). The highest BCUT2D eigenvalue weighted by Crippen LogP contribution is 2.25. The molecule has 2 aromatic carbocycles. The van der Waals surface area contributed by atoms with Gasteiger partial charge in [-0.2, -0.15) is 4.99 Å². The molecule has 24 heavy (non-hydrogen) atoms. The standard InChI is InChI=1S/C18H17ClN2O2S/c1-12-5-3-6-13(11-12)17(22)20-18-21(9-10-23-2)16-14(19)7-4-8-15(16)24-18/h3-8,11H,9-10H2,1-2H3. The van der Waals surface area contributed by atoms with Crippen molar-refractivity contribution in [1.29, 1.82) is 0 Å². The Kier molecular flexibility index (Phi) is 5.14. The lowest BCUT2D eigenvalue weighted by atomic mass is 10.1. The molecule has 3 aromatic rings. The molecule has 0 aliphatic heterocycles. The predicted octanol–water partition coefficient (Wildman–Crippen LogP) is 4.05. The molecule has 4 nitrogen and oxygen atoms in total. The van der Waals surface area contributed by atoms with Crippen molar-refractivity contribution >= 4 is 39.1 Å². The van der Waals surface area contributed by atoms with Gasteiger partial charge in [-0.3, -0.25) is 4.79 Å². The number of hydrogen-bond donors (Lipinski definition) is 0. The largest absolute Gasteiger partial charge is 0.383 e. The number of amides is 1. The normalized spacial score (nSPS) is 12.0. The predicted molar refractivity (Wildman–Crippen MR) is 97.8 cm³/mol. The summed E-state index contributed by atoms with van der Waals surface area (Å²) < 4.78 is 8.12. The Labute approximate surface area is 149 Å². The van der Waals surface area contributed by atoms with E-state index in [1.807, 2.05) is 47.9 Å². The number of fused-ring (bicyclic) bond motifs is 1. The number of thiazole rings is 1. The molecule has 0 N–H and O–H groups in total. The first-order valence-corrected chi connectivity index (χ1v) is 8.72. The molecule has 124 valence electrons. The van der Waals surface area contributed by atoms with Crippen molar-refractivity contribution in [3.63, 3.8) is 0 Å².